The summed E-state index contributed by atoms with van der Waals surface area (Å²) in [6.45, 7) is 5.24. The van der Waals surface area contributed by atoms with Crippen molar-refractivity contribution in [3.63, 3.8) is 0 Å². The molecule has 0 bridgehead atoms. The van der Waals surface area contributed by atoms with E-state index in [1.165, 1.54) is 27.7 Å². The van der Waals surface area contributed by atoms with E-state index in [0.717, 1.165) is 24.9 Å². The molecule has 0 radical (unpaired) electrons. The second kappa shape index (κ2) is 7.32. The number of hydrogen-bond acceptors (Lipinski definition) is 1. The molecule has 3 aromatic rings. The number of carboxylic acid groups (broad SMARTS) is 1. The lowest BCUT2D eigenvalue weighted by atomic mass is 10.0. The summed E-state index contributed by atoms with van der Waals surface area (Å²) in [5.41, 5.74) is 6.35. The first-order chi connectivity index (χ1) is 12.0. The van der Waals surface area contributed by atoms with Gasteiger partial charge in [0.05, 0.1) is 5.56 Å². The van der Waals surface area contributed by atoms with Crippen LogP contribution < -0.4 is 0 Å². The van der Waals surface area contributed by atoms with Gasteiger partial charge in [0.2, 0.25) is 0 Å². The quantitative estimate of drug-likeness (QED) is 0.619. The molecule has 4 heteroatoms. The standard InChI is InChI=1S/C21H22ClNO2/c1-14-15(2)23(10-4-9-22)20-8-7-17(13-19(14)20)11-16-5-3-6-18(12-16)21(24)25/h3,5-8,12-13H,4,9-11H2,1-2H3,(H,24,25). The Balaban J connectivity index is 1.95. The molecule has 0 saturated carbocycles. The lowest BCUT2D eigenvalue weighted by Gasteiger charge is -2.08. The van der Waals surface area contributed by atoms with Crippen LogP contribution in [0, 0.1) is 13.8 Å². The molecule has 2 aromatic carbocycles. The van der Waals surface area contributed by atoms with Crippen LogP contribution in [0.4, 0.5) is 0 Å². The number of alkyl halides is 1. The molecular weight excluding hydrogens is 334 g/mol. The van der Waals surface area contributed by atoms with Gasteiger partial charge in [-0.3, -0.25) is 0 Å². The molecule has 1 N–H and O–H groups in total. The predicted octanol–water partition coefficient (Wildman–Crippen LogP) is 5.18. The minimum absolute atomic E-state index is 0.331. The van der Waals surface area contributed by atoms with E-state index < -0.39 is 5.97 Å². The summed E-state index contributed by atoms with van der Waals surface area (Å²) in [6.07, 6.45) is 1.68. The third-order valence-electron chi connectivity index (χ3n) is 4.80. The number of benzene rings is 2. The van der Waals surface area contributed by atoms with E-state index in [9.17, 15) is 4.79 Å². The van der Waals surface area contributed by atoms with E-state index in [1.54, 1.807) is 18.2 Å². The van der Waals surface area contributed by atoms with Crippen molar-refractivity contribution < 1.29 is 9.90 Å². The molecular formula is C21H22ClNO2. The van der Waals surface area contributed by atoms with Crippen LogP contribution in [0.1, 0.15) is 39.2 Å². The normalized spacial score (nSPS) is 11.2. The molecule has 3 nitrogen and oxygen atoms in total. The van der Waals surface area contributed by atoms with Crippen molar-refractivity contribution in [3.05, 3.63) is 70.4 Å². The fourth-order valence-electron chi connectivity index (χ4n) is 3.36. The summed E-state index contributed by atoms with van der Waals surface area (Å²) in [7, 11) is 0. The minimum atomic E-state index is -0.889. The fourth-order valence-corrected chi connectivity index (χ4v) is 3.48. The van der Waals surface area contributed by atoms with Gasteiger partial charge in [-0.2, -0.15) is 0 Å². The van der Waals surface area contributed by atoms with E-state index in [1.807, 2.05) is 6.07 Å². The van der Waals surface area contributed by atoms with Gasteiger partial charge in [0, 0.05) is 29.0 Å². The van der Waals surface area contributed by atoms with Crippen molar-refractivity contribution in [1.29, 1.82) is 0 Å². The zero-order valence-corrected chi connectivity index (χ0v) is 15.3. The largest absolute Gasteiger partial charge is 0.478 e. The van der Waals surface area contributed by atoms with Gasteiger partial charge < -0.3 is 9.67 Å². The predicted molar refractivity (Wildman–Crippen MR) is 103 cm³/mol. The Bertz CT molecular complexity index is 927. The van der Waals surface area contributed by atoms with Crippen molar-refractivity contribution in [2.45, 2.75) is 33.2 Å². The Morgan fingerprint density at radius 1 is 1.12 bits per heavy atom. The lowest BCUT2D eigenvalue weighted by Crippen LogP contribution is -2.01. The maximum atomic E-state index is 11.1. The van der Waals surface area contributed by atoms with Crippen LogP contribution in [0.25, 0.3) is 10.9 Å². The molecule has 0 aliphatic rings. The highest BCUT2D eigenvalue weighted by atomic mass is 35.5. The Morgan fingerprint density at radius 3 is 2.60 bits per heavy atom. The molecule has 0 saturated heterocycles. The highest BCUT2D eigenvalue weighted by molar-refractivity contribution is 6.17. The Labute approximate surface area is 152 Å². The highest BCUT2D eigenvalue weighted by Crippen LogP contribution is 2.27. The molecule has 0 aliphatic heterocycles. The molecule has 0 aliphatic carbocycles. The topological polar surface area (TPSA) is 42.2 Å². The van der Waals surface area contributed by atoms with Gasteiger partial charge in [-0.15, -0.1) is 11.6 Å². The number of carbonyl (C=O) groups is 1. The molecule has 0 spiro atoms. The maximum absolute atomic E-state index is 11.1. The zero-order valence-electron chi connectivity index (χ0n) is 14.6. The lowest BCUT2D eigenvalue weighted by molar-refractivity contribution is 0.0696. The van der Waals surface area contributed by atoms with Crippen LogP contribution in [0.15, 0.2) is 42.5 Å². The number of aromatic nitrogens is 1. The summed E-state index contributed by atoms with van der Waals surface area (Å²) in [6, 6.07) is 13.7. The van der Waals surface area contributed by atoms with E-state index in [-0.39, 0.29) is 0 Å². The summed E-state index contributed by atoms with van der Waals surface area (Å²) < 4.78 is 2.34. The minimum Gasteiger partial charge on any atom is -0.478 e. The van der Waals surface area contributed by atoms with Crippen molar-refractivity contribution >= 4 is 28.5 Å². The fraction of sp³-hybridized carbons (Fsp3) is 0.286. The molecule has 130 valence electrons. The monoisotopic (exact) mass is 355 g/mol. The second-order valence-electron chi connectivity index (χ2n) is 6.44. The molecule has 3 rings (SSSR count). The van der Waals surface area contributed by atoms with Gasteiger partial charge in [0.25, 0.3) is 0 Å². The SMILES string of the molecule is Cc1c(C)n(CCCCl)c2ccc(Cc3cccc(C(=O)O)c3)cc12. The smallest absolute Gasteiger partial charge is 0.335 e. The summed E-state index contributed by atoms with van der Waals surface area (Å²) in [5, 5.41) is 10.4. The first kappa shape index (κ1) is 17.6. The van der Waals surface area contributed by atoms with Crippen LogP contribution >= 0.6 is 11.6 Å². The van der Waals surface area contributed by atoms with Crippen LogP contribution in [0.3, 0.4) is 0 Å². The van der Waals surface area contributed by atoms with Crippen molar-refractivity contribution in [2.75, 3.05) is 5.88 Å². The number of carboxylic acids is 1. The number of hydrogen-bond donors (Lipinski definition) is 1. The van der Waals surface area contributed by atoms with Gasteiger partial charge in [0.1, 0.15) is 0 Å². The number of aryl methyl sites for hydroxylation is 2. The third-order valence-corrected chi connectivity index (χ3v) is 5.07. The maximum Gasteiger partial charge on any atom is 0.335 e. The third kappa shape index (κ3) is 3.57. The van der Waals surface area contributed by atoms with E-state index in [0.29, 0.717) is 11.4 Å². The Morgan fingerprint density at radius 2 is 1.88 bits per heavy atom. The molecule has 25 heavy (non-hydrogen) atoms. The zero-order chi connectivity index (χ0) is 18.0. The van der Waals surface area contributed by atoms with Gasteiger partial charge in [0.15, 0.2) is 0 Å². The highest BCUT2D eigenvalue weighted by Gasteiger charge is 2.12. The number of halogens is 1. The first-order valence-electron chi connectivity index (χ1n) is 8.47. The number of rotatable bonds is 6. The number of aromatic carboxylic acids is 1. The van der Waals surface area contributed by atoms with Gasteiger partial charge in [-0.05, 0) is 67.6 Å². The molecule has 0 unspecified atom stereocenters. The van der Waals surface area contributed by atoms with Crippen LogP contribution in [-0.4, -0.2) is 21.5 Å². The van der Waals surface area contributed by atoms with Crippen LogP contribution in [0.5, 0.6) is 0 Å². The van der Waals surface area contributed by atoms with Gasteiger partial charge >= 0.3 is 5.97 Å². The first-order valence-corrected chi connectivity index (χ1v) is 9.01. The van der Waals surface area contributed by atoms with Crippen LogP contribution in [-0.2, 0) is 13.0 Å². The van der Waals surface area contributed by atoms with E-state index in [2.05, 4.69) is 36.6 Å². The van der Waals surface area contributed by atoms with Crippen LogP contribution in [0.2, 0.25) is 0 Å². The van der Waals surface area contributed by atoms with E-state index >= 15 is 0 Å². The Kier molecular flexibility index (Phi) is 5.14. The average Bonchev–Trinajstić information content (AvgIpc) is 2.84. The van der Waals surface area contributed by atoms with Crippen molar-refractivity contribution in [3.8, 4) is 0 Å². The molecule has 0 fully saturated rings. The van der Waals surface area contributed by atoms with Crippen molar-refractivity contribution in [1.82, 2.24) is 4.57 Å². The Hall–Kier alpha value is -2.26. The molecule has 0 atom stereocenters. The summed E-state index contributed by atoms with van der Waals surface area (Å²) >= 11 is 5.86. The second-order valence-corrected chi connectivity index (χ2v) is 6.82. The molecule has 1 heterocycles. The van der Waals surface area contributed by atoms with Gasteiger partial charge in [-0.1, -0.05) is 18.2 Å². The number of nitrogens with zero attached hydrogens (tertiary/aromatic N) is 1. The summed E-state index contributed by atoms with van der Waals surface area (Å²) in [5.74, 6) is -0.226. The molecule has 0 amide bonds. The summed E-state index contributed by atoms with van der Waals surface area (Å²) in [4.78, 5) is 11.1. The van der Waals surface area contributed by atoms with Gasteiger partial charge in [-0.25, -0.2) is 4.79 Å². The average molecular weight is 356 g/mol. The van der Waals surface area contributed by atoms with E-state index in [4.69, 9.17) is 16.7 Å². The molecule has 1 aromatic heterocycles. The van der Waals surface area contributed by atoms with Crippen molar-refractivity contribution in [2.24, 2.45) is 0 Å². The number of fused-ring (bicyclic) bond motifs is 1.